The fourth-order valence-corrected chi connectivity index (χ4v) is 9.87. The predicted octanol–water partition coefficient (Wildman–Crippen LogP) is 19.8. The monoisotopic (exact) mass is 986 g/mol. The van der Waals surface area contributed by atoms with Crippen LogP contribution in [0, 0.1) is 0 Å². The zero-order valence-corrected chi connectivity index (χ0v) is 47.3. The van der Waals surface area contributed by atoms with Crippen LogP contribution in [0.3, 0.4) is 0 Å². The molecule has 1 amide bonds. The minimum atomic E-state index is -0.839. The van der Waals surface area contributed by atoms with E-state index in [0.29, 0.717) is 19.4 Å². The molecule has 0 aromatic rings. The lowest BCUT2D eigenvalue weighted by Gasteiger charge is -2.20. The third-order valence-electron chi connectivity index (χ3n) is 14.7. The smallest absolute Gasteiger partial charge is 0.305 e. The van der Waals surface area contributed by atoms with E-state index in [1.807, 2.05) is 6.08 Å². The third-order valence-corrected chi connectivity index (χ3v) is 14.7. The topological polar surface area (TPSA) is 95.9 Å². The van der Waals surface area contributed by atoms with Gasteiger partial charge in [-0.1, -0.05) is 301 Å². The normalized spacial score (nSPS) is 12.7. The summed E-state index contributed by atoms with van der Waals surface area (Å²) in [5.41, 5.74) is 0. The molecular weight excluding hydrogens is 863 g/mol. The molecule has 414 valence electrons. The molecule has 0 aliphatic heterocycles. The molecule has 0 aromatic carbocycles. The Morgan fingerprint density at radius 2 is 0.671 bits per heavy atom. The maximum absolute atomic E-state index is 12.4. The summed E-state index contributed by atoms with van der Waals surface area (Å²) in [6.45, 7) is 4.89. The number of rotatable bonds is 59. The van der Waals surface area contributed by atoms with Gasteiger partial charge >= 0.3 is 5.97 Å². The molecule has 70 heavy (non-hydrogen) atoms. The minimum Gasteiger partial charge on any atom is -0.466 e. The van der Waals surface area contributed by atoms with Gasteiger partial charge in [0.25, 0.3) is 0 Å². The highest BCUT2D eigenvalue weighted by atomic mass is 16.5. The van der Waals surface area contributed by atoms with Crippen molar-refractivity contribution in [1.29, 1.82) is 0 Å². The first kappa shape index (κ1) is 68.3. The Morgan fingerprint density at radius 1 is 0.386 bits per heavy atom. The summed E-state index contributed by atoms with van der Waals surface area (Å²) in [6.07, 6.45) is 73.9. The van der Waals surface area contributed by atoms with Crippen LogP contribution in [0.25, 0.3) is 0 Å². The molecule has 6 heteroatoms. The average molecular weight is 987 g/mol. The van der Waals surface area contributed by atoms with E-state index in [0.717, 1.165) is 44.9 Å². The Labute approximate surface area is 437 Å². The number of carbonyl (C=O) groups excluding carboxylic acids is 2. The molecule has 0 aliphatic carbocycles. The summed E-state index contributed by atoms with van der Waals surface area (Å²) in [5.74, 6) is -0.0554. The van der Waals surface area contributed by atoms with Gasteiger partial charge in [-0.2, -0.15) is 0 Å². The number of amides is 1. The summed E-state index contributed by atoms with van der Waals surface area (Å²) >= 11 is 0. The van der Waals surface area contributed by atoms with Crippen LogP contribution in [-0.2, 0) is 14.3 Å². The van der Waals surface area contributed by atoms with E-state index in [9.17, 15) is 19.8 Å². The molecular formula is C64H123NO5. The molecule has 0 radical (unpaired) electrons. The van der Waals surface area contributed by atoms with Crippen molar-refractivity contribution in [1.82, 2.24) is 5.32 Å². The van der Waals surface area contributed by atoms with Crippen molar-refractivity contribution >= 4 is 11.9 Å². The maximum Gasteiger partial charge on any atom is 0.305 e. The molecule has 0 aliphatic rings. The quantitative estimate of drug-likeness (QED) is 0.0321. The molecule has 0 aromatic heterocycles. The van der Waals surface area contributed by atoms with Crippen molar-refractivity contribution < 1.29 is 24.5 Å². The van der Waals surface area contributed by atoms with Gasteiger partial charge in [0.05, 0.1) is 25.4 Å². The summed E-state index contributed by atoms with van der Waals surface area (Å²) in [7, 11) is 0. The zero-order valence-electron chi connectivity index (χ0n) is 47.3. The van der Waals surface area contributed by atoms with E-state index in [1.165, 1.54) is 276 Å². The highest BCUT2D eigenvalue weighted by Crippen LogP contribution is 2.18. The minimum absolute atomic E-state index is 0.0112. The van der Waals surface area contributed by atoms with Crippen LogP contribution in [0.2, 0.25) is 0 Å². The predicted molar refractivity (Wildman–Crippen MR) is 306 cm³/mol. The molecule has 0 fully saturated rings. The largest absolute Gasteiger partial charge is 0.466 e. The van der Waals surface area contributed by atoms with Crippen molar-refractivity contribution in [3.8, 4) is 0 Å². The summed E-state index contributed by atoms with van der Waals surface area (Å²) in [5, 5.41) is 23.0. The molecule has 2 atom stereocenters. The van der Waals surface area contributed by atoms with Crippen LogP contribution in [0.1, 0.15) is 348 Å². The fraction of sp³-hybridized carbons (Fsp3) is 0.906. The summed E-state index contributed by atoms with van der Waals surface area (Å²) in [4.78, 5) is 24.5. The second kappa shape index (κ2) is 59.9. The summed E-state index contributed by atoms with van der Waals surface area (Å²) < 4.78 is 5.49. The Bertz CT molecular complexity index is 1090. The molecule has 2 unspecified atom stereocenters. The van der Waals surface area contributed by atoms with Gasteiger partial charge in [-0.05, 0) is 57.8 Å². The number of hydrogen-bond acceptors (Lipinski definition) is 5. The first-order chi connectivity index (χ1) is 34.5. The van der Waals surface area contributed by atoms with Crippen LogP contribution >= 0.6 is 0 Å². The van der Waals surface area contributed by atoms with Gasteiger partial charge < -0.3 is 20.3 Å². The van der Waals surface area contributed by atoms with E-state index in [-0.39, 0.29) is 18.5 Å². The van der Waals surface area contributed by atoms with E-state index >= 15 is 0 Å². The lowest BCUT2D eigenvalue weighted by molar-refractivity contribution is -0.143. The Balaban J connectivity index is 3.32. The first-order valence-corrected chi connectivity index (χ1v) is 31.6. The number of hydrogen-bond donors (Lipinski definition) is 3. The van der Waals surface area contributed by atoms with Gasteiger partial charge in [-0.15, -0.1) is 0 Å². The number of unbranched alkanes of at least 4 members (excludes halogenated alkanes) is 46. The lowest BCUT2D eigenvalue weighted by Crippen LogP contribution is -2.45. The van der Waals surface area contributed by atoms with Gasteiger partial charge in [0.15, 0.2) is 0 Å². The van der Waals surface area contributed by atoms with Crippen LogP contribution in [0.5, 0.6) is 0 Å². The number of aliphatic hydroxyl groups excluding tert-OH is 2. The van der Waals surface area contributed by atoms with Crippen LogP contribution in [-0.4, -0.2) is 47.4 Å². The van der Waals surface area contributed by atoms with Crippen LogP contribution < -0.4 is 5.32 Å². The number of ether oxygens (including phenoxy) is 1. The van der Waals surface area contributed by atoms with Crippen molar-refractivity contribution in [3.63, 3.8) is 0 Å². The standard InChI is InChI=1S/C64H123NO5/c1-3-5-7-9-11-13-14-15-16-32-35-38-42-46-50-54-58-64(69)70-59-55-51-47-43-39-36-33-30-28-26-24-22-20-18-17-19-21-23-25-27-29-31-34-37-41-45-49-53-57-63(68)65-61(60-66)62(67)56-52-48-44-40-12-10-8-6-4-2/h16,32,52,56,61-62,66-67H,3-15,17-31,33-51,53-55,57-60H2,1-2H3,(H,65,68)/b32-16-,56-52+. The van der Waals surface area contributed by atoms with Crippen molar-refractivity contribution in [2.45, 2.75) is 360 Å². The third kappa shape index (κ3) is 55.7. The Morgan fingerprint density at radius 3 is 1.01 bits per heavy atom. The number of allylic oxidation sites excluding steroid dienone is 3. The molecule has 6 nitrogen and oxygen atoms in total. The van der Waals surface area contributed by atoms with Gasteiger partial charge in [-0.3, -0.25) is 9.59 Å². The summed E-state index contributed by atoms with van der Waals surface area (Å²) in [6, 6.07) is -0.623. The maximum atomic E-state index is 12.4. The van der Waals surface area contributed by atoms with E-state index < -0.39 is 12.1 Å². The molecule has 0 spiro atoms. The molecule has 0 saturated heterocycles. The van der Waals surface area contributed by atoms with Crippen molar-refractivity contribution in [3.05, 3.63) is 24.3 Å². The van der Waals surface area contributed by atoms with Gasteiger partial charge in [0.2, 0.25) is 5.91 Å². The Kier molecular flexibility index (Phi) is 58.5. The number of nitrogens with one attached hydrogen (secondary N) is 1. The number of aliphatic hydroxyl groups is 2. The van der Waals surface area contributed by atoms with Crippen molar-refractivity contribution in [2.75, 3.05) is 13.2 Å². The molecule has 0 rings (SSSR count). The van der Waals surface area contributed by atoms with Crippen LogP contribution in [0.15, 0.2) is 24.3 Å². The molecule has 0 saturated carbocycles. The van der Waals surface area contributed by atoms with Crippen LogP contribution in [0.4, 0.5) is 0 Å². The van der Waals surface area contributed by atoms with Gasteiger partial charge in [0.1, 0.15) is 0 Å². The second-order valence-electron chi connectivity index (χ2n) is 21.7. The highest BCUT2D eigenvalue weighted by Gasteiger charge is 2.18. The highest BCUT2D eigenvalue weighted by molar-refractivity contribution is 5.76. The van der Waals surface area contributed by atoms with E-state index in [4.69, 9.17) is 4.74 Å². The van der Waals surface area contributed by atoms with E-state index in [2.05, 4.69) is 31.3 Å². The molecule has 0 bridgehead atoms. The Hall–Kier alpha value is -1.66. The van der Waals surface area contributed by atoms with E-state index in [1.54, 1.807) is 6.08 Å². The molecule has 0 heterocycles. The second-order valence-corrected chi connectivity index (χ2v) is 21.7. The zero-order chi connectivity index (χ0) is 50.7. The first-order valence-electron chi connectivity index (χ1n) is 31.6. The SMILES string of the molecule is CCCCCCCCC/C=C\CCCCCCCC(=O)OCCCCCCCCCCCCCCCCCCCCCCCCCCCCCCC(=O)NC(CO)C(O)/C=C/CCCCCCCCC. The fourth-order valence-electron chi connectivity index (χ4n) is 9.87. The van der Waals surface area contributed by atoms with Crippen molar-refractivity contribution in [2.24, 2.45) is 0 Å². The number of esters is 1. The van der Waals surface area contributed by atoms with Gasteiger partial charge in [0, 0.05) is 12.8 Å². The number of carbonyl (C=O) groups is 2. The average Bonchev–Trinajstić information content (AvgIpc) is 3.36. The lowest BCUT2D eigenvalue weighted by atomic mass is 10.0. The van der Waals surface area contributed by atoms with Gasteiger partial charge in [-0.25, -0.2) is 0 Å². The molecule has 3 N–H and O–H groups in total.